The summed E-state index contributed by atoms with van der Waals surface area (Å²) in [5.74, 6) is 0.403. The van der Waals surface area contributed by atoms with Crippen molar-refractivity contribution < 1.29 is 27.2 Å². The number of nitrogens with zero attached hydrogens (tertiary/aromatic N) is 1. The number of hydrogen-bond acceptors (Lipinski definition) is 2. The molecule has 0 saturated carbocycles. The van der Waals surface area contributed by atoms with Crippen molar-refractivity contribution in [3.63, 3.8) is 0 Å². The molecule has 5 rings (SSSR count). The summed E-state index contributed by atoms with van der Waals surface area (Å²) in [7, 11) is 3.98. The second-order valence-electron chi connectivity index (χ2n) is 11.0. The normalized spacial score (nSPS) is 15.7. The Labute approximate surface area is 266 Å². The van der Waals surface area contributed by atoms with Crippen molar-refractivity contribution in [2.75, 3.05) is 20.6 Å². The van der Waals surface area contributed by atoms with E-state index in [1.54, 1.807) is 0 Å². The van der Waals surface area contributed by atoms with E-state index in [1.165, 1.54) is 43.5 Å². The molecular weight excluding hydrogens is 628 g/mol. The van der Waals surface area contributed by atoms with Gasteiger partial charge in [-0.25, -0.2) is 0 Å². The Kier molecular flexibility index (Phi) is 12.7. The van der Waals surface area contributed by atoms with Gasteiger partial charge in [-0.2, -0.15) is 0 Å². The van der Waals surface area contributed by atoms with Gasteiger partial charge in [0.25, 0.3) is 0 Å². The third-order valence-electron chi connectivity index (χ3n) is 7.86. The molecule has 0 aliphatic heterocycles. The standard InChI is InChI=1S/C13H23NO.2C12H10P.Zr/c1-8-9(2)11(4)13(10(8)3)12(15)7-14(5)6;2*1-3-7-11(8-4-1)13-12-9-5-2-6-10-12;/h10,12,15H,7H2,1-6H3;2*1-10H;/q;2*-1;+2. The van der Waals surface area contributed by atoms with Gasteiger partial charge in [0.2, 0.25) is 0 Å². The van der Waals surface area contributed by atoms with Crippen molar-refractivity contribution >= 4 is 31.6 Å². The summed E-state index contributed by atoms with van der Waals surface area (Å²) in [6.45, 7) is 9.33. The van der Waals surface area contributed by atoms with Crippen LogP contribution in [0, 0.1) is 5.92 Å². The van der Waals surface area contributed by atoms with E-state index in [4.69, 9.17) is 0 Å². The molecule has 1 aliphatic rings. The predicted molar refractivity (Wildman–Crippen MR) is 183 cm³/mol. The summed E-state index contributed by atoms with van der Waals surface area (Å²) in [6.07, 6.45) is -0.331. The van der Waals surface area contributed by atoms with Crippen LogP contribution in [-0.4, -0.2) is 36.8 Å². The van der Waals surface area contributed by atoms with Crippen molar-refractivity contribution in [1.82, 2.24) is 4.90 Å². The molecule has 2 unspecified atom stereocenters. The maximum atomic E-state index is 10.2. The molecule has 0 fully saturated rings. The minimum absolute atomic E-state index is 0.239. The molecule has 4 aromatic rings. The van der Waals surface area contributed by atoms with Crippen LogP contribution in [0.25, 0.3) is 0 Å². The van der Waals surface area contributed by atoms with Crippen LogP contribution in [0.4, 0.5) is 0 Å². The molecule has 0 aromatic heterocycles. The first-order valence-electron chi connectivity index (χ1n) is 14.6. The van der Waals surface area contributed by atoms with Gasteiger partial charge < -0.3 is 10.0 Å². The average Bonchev–Trinajstić information content (AvgIpc) is 3.21. The first-order valence-corrected chi connectivity index (χ1v) is 23.8. The van der Waals surface area contributed by atoms with E-state index in [0.29, 0.717) is 12.5 Å². The Morgan fingerprint density at radius 2 is 0.952 bits per heavy atom. The quantitative estimate of drug-likeness (QED) is 0.188. The third-order valence-corrected chi connectivity index (χ3v) is 29.2. The molecule has 4 aromatic carbocycles. The number of allylic oxidation sites excluding steroid dienone is 3. The molecule has 0 bridgehead atoms. The summed E-state index contributed by atoms with van der Waals surface area (Å²) < 4.78 is 0. The fourth-order valence-electron chi connectivity index (χ4n) is 5.32. The fraction of sp³-hybridized carbons (Fsp3) is 0.243. The minimum atomic E-state index is -0.782. The first-order chi connectivity index (χ1) is 20.3. The third kappa shape index (κ3) is 8.56. The van der Waals surface area contributed by atoms with Crippen molar-refractivity contribution in [3.05, 3.63) is 144 Å². The van der Waals surface area contributed by atoms with Gasteiger partial charge >= 0.3 is 175 Å². The van der Waals surface area contributed by atoms with E-state index in [9.17, 15) is 5.11 Å². The maximum absolute atomic E-state index is 10.2. The Morgan fingerprint density at radius 3 is 1.21 bits per heavy atom. The van der Waals surface area contributed by atoms with Gasteiger partial charge in [-0.1, -0.05) is 12.5 Å². The van der Waals surface area contributed by atoms with Crippen molar-refractivity contribution in [2.45, 2.75) is 33.8 Å². The van der Waals surface area contributed by atoms with Crippen LogP contribution in [-0.2, 0) is 22.1 Å². The number of benzene rings is 4. The van der Waals surface area contributed by atoms with Gasteiger partial charge in [0.15, 0.2) is 0 Å². The van der Waals surface area contributed by atoms with Gasteiger partial charge in [0.05, 0.1) is 6.10 Å². The Bertz CT molecular complexity index is 1300. The number of aliphatic hydroxyl groups is 1. The van der Waals surface area contributed by atoms with Crippen LogP contribution in [0.2, 0.25) is 0 Å². The zero-order valence-corrected chi connectivity index (χ0v) is 29.9. The van der Waals surface area contributed by atoms with Gasteiger partial charge in [-0.15, -0.1) is 0 Å². The second kappa shape index (κ2) is 16.2. The summed E-state index contributed by atoms with van der Waals surface area (Å²) in [4.78, 5) is 2.03. The van der Waals surface area contributed by atoms with Crippen LogP contribution < -0.4 is 21.2 Å². The molecule has 216 valence electrons. The van der Waals surface area contributed by atoms with Crippen LogP contribution >= 0.6 is 10.4 Å². The van der Waals surface area contributed by atoms with E-state index in [2.05, 4.69) is 149 Å². The van der Waals surface area contributed by atoms with E-state index < -0.39 is 22.1 Å². The molecule has 0 spiro atoms. The van der Waals surface area contributed by atoms with Crippen LogP contribution in [0.3, 0.4) is 0 Å². The van der Waals surface area contributed by atoms with Crippen LogP contribution in [0.5, 0.6) is 0 Å². The Balaban J connectivity index is 0.000000230. The summed E-state index contributed by atoms with van der Waals surface area (Å²) in [6, 6.07) is 44.8. The molecule has 0 saturated heterocycles. The summed E-state index contributed by atoms with van der Waals surface area (Å²) in [5, 5.41) is 15.8. The molecule has 42 heavy (non-hydrogen) atoms. The SMILES string of the molecule is CC1=C(C)C(C)C(C(O)CN(C)C)=C1C.c1ccc([P]([Zr][P](c2ccccc2)c2ccccc2)c2ccccc2)cc1. The molecule has 1 aliphatic carbocycles. The van der Waals surface area contributed by atoms with E-state index >= 15 is 0 Å². The predicted octanol–water partition coefficient (Wildman–Crippen LogP) is 7.38. The molecular formula is C37H43NOP2Zr. The molecule has 1 N–H and O–H groups in total. The molecule has 0 radical (unpaired) electrons. The number of hydrogen-bond donors (Lipinski definition) is 1. The topological polar surface area (TPSA) is 23.5 Å². The monoisotopic (exact) mass is 669 g/mol. The van der Waals surface area contributed by atoms with Crippen molar-refractivity contribution in [3.8, 4) is 0 Å². The van der Waals surface area contributed by atoms with Gasteiger partial charge in [0.1, 0.15) is 0 Å². The molecule has 5 heteroatoms. The zero-order chi connectivity index (χ0) is 30.1. The first kappa shape index (κ1) is 32.9. The van der Waals surface area contributed by atoms with E-state index in [-0.39, 0.29) is 16.5 Å². The van der Waals surface area contributed by atoms with Gasteiger partial charge in [0, 0.05) is 12.5 Å². The van der Waals surface area contributed by atoms with Crippen molar-refractivity contribution in [2.24, 2.45) is 5.92 Å². The molecule has 0 amide bonds. The van der Waals surface area contributed by atoms with Crippen LogP contribution in [0.1, 0.15) is 27.7 Å². The van der Waals surface area contributed by atoms with Crippen LogP contribution in [0.15, 0.2) is 144 Å². The van der Waals surface area contributed by atoms with Crippen molar-refractivity contribution in [1.29, 1.82) is 0 Å². The zero-order valence-electron chi connectivity index (χ0n) is 25.7. The number of rotatable bonds is 9. The van der Waals surface area contributed by atoms with E-state index in [1.807, 2.05) is 19.0 Å². The molecule has 2 nitrogen and oxygen atoms in total. The Hall–Kier alpha value is -1.98. The molecule has 2 atom stereocenters. The second-order valence-corrected chi connectivity index (χ2v) is 26.2. The summed E-state index contributed by atoms with van der Waals surface area (Å²) in [5.41, 5.74) is 5.25. The Morgan fingerprint density at radius 1 is 0.619 bits per heavy atom. The fourth-order valence-corrected chi connectivity index (χ4v) is 29.5. The van der Waals surface area contributed by atoms with E-state index in [0.717, 1.165) is 0 Å². The number of likely N-dealkylation sites (N-methyl/N-ethyl adjacent to an activating group) is 1. The van der Waals surface area contributed by atoms with Gasteiger partial charge in [-0.05, 0) is 51.6 Å². The number of aliphatic hydroxyl groups excluding tert-OH is 1. The summed E-state index contributed by atoms with van der Waals surface area (Å²) >= 11 is -0.782. The van der Waals surface area contributed by atoms with Gasteiger partial charge in [-0.3, -0.25) is 0 Å². The molecule has 0 heterocycles. The average molecular weight is 671 g/mol.